The zero-order valence-electron chi connectivity index (χ0n) is 21.3. The first-order chi connectivity index (χ1) is 14.2. The van der Waals surface area contributed by atoms with Crippen LogP contribution < -0.4 is 0 Å². The maximum absolute atomic E-state index is 2.74. The van der Waals surface area contributed by atoms with Crippen LogP contribution in [0.2, 0.25) is 0 Å². The van der Waals surface area contributed by atoms with E-state index in [1.54, 1.807) is 5.70 Å². The summed E-state index contributed by atoms with van der Waals surface area (Å²) in [6.45, 7) is 15.1. The van der Waals surface area contributed by atoms with Crippen molar-refractivity contribution in [3.8, 4) is 0 Å². The third-order valence-corrected chi connectivity index (χ3v) is 11.1. The lowest BCUT2D eigenvalue weighted by Gasteiger charge is -2.62. The van der Waals surface area contributed by atoms with E-state index in [1.165, 1.54) is 70.6 Å². The highest BCUT2D eigenvalue weighted by molar-refractivity contribution is 5.18. The van der Waals surface area contributed by atoms with Gasteiger partial charge in [-0.15, -0.1) is 0 Å². The van der Waals surface area contributed by atoms with Gasteiger partial charge in [0, 0.05) is 18.8 Å². The first-order valence-electron chi connectivity index (χ1n) is 13.6. The van der Waals surface area contributed by atoms with Gasteiger partial charge in [-0.25, -0.2) is 0 Å². The number of nitrogens with zero attached hydrogens (tertiary/aromatic N) is 1. The Balaban J connectivity index is 1.49. The molecule has 0 aromatic carbocycles. The molecule has 1 heterocycles. The van der Waals surface area contributed by atoms with Crippen LogP contribution in [0.4, 0.5) is 0 Å². The molecule has 0 bridgehead atoms. The summed E-state index contributed by atoms with van der Waals surface area (Å²) in [6.07, 6.45) is 18.5. The van der Waals surface area contributed by atoms with E-state index in [1.807, 2.05) is 0 Å². The molecule has 8 atom stereocenters. The van der Waals surface area contributed by atoms with E-state index in [0.717, 1.165) is 41.5 Å². The molecule has 30 heavy (non-hydrogen) atoms. The Morgan fingerprint density at radius 2 is 1.70 bits per heavy atom. The second kappa shape index (κ2) is 8.47. The topological polar surface area (TPSA) is 3.24 Å². The van der Waals surface area contributed by atoms with Crippen molar-refractivity contribution in [3.63, 3.8) is 0 Å². The lowest BCUT2D eigenvalue weighted by atomic mass is 9.46. The molecule has 4 aliphatic rings. The lowest BCUT2D eigenvalue weighted by molar-refractivity contribution is -0.108. The minimum absolute atomic E-state index is 0.513. The van der Waals surface area contributed by atoms with Crippen molar-refractivity contribution < 1.29 is 0 Å². The van der Waals surface area contributed by atoms with E-state index in [9.17, 15) is 0 Å². The smallest absolute Gasteiger partial charge is 0.0343 e. The number of hydrogen-bond acceptors (Lipinski definition) is 1. The molecular formula is C29H51N. The van der Waals surface area contributed by atoms with E-state index in [4.69, 9.17) is 0 Å². The molecule has 172 valence electrons. The zero-order valence-corrected chi connectivity index (χ0v) is 21.3. The molecule has 0 aromatic rings. The SMILES string of the molecule is CCC1=CC[C@]2(C)C3CC[C@@]4(C)C(CC[C@@H]4C(C)CCCC(C)C)C3CC[C@H]2N1C. The van der Waals surface area contributed by atoms with Crippen molar-refractivity contribution in [1.29, 1.82) is 0 Å². The van der Waals surface area contributed by atoms with Crippen LogP contribution in [0.15, 0.2) is 11.8 Å². The molecule has 4 unspecified atom stereocenters. The van der Waals surface area contributed by atoms with Crippen LogP contribution in [-0.2, 0) is 0 Å². The number of hydrogen-bond donors (Lipinski definition) is 0. The summed E-state index contributed by atoms with van der Waals surface area (Å²) >= 11 is 0. The summed E-state index contributed by atoms with van der Waals surface area (Å²) in [7, 11) is 2.40. The molecule has 3 fully saturated rings. The minimum atomic E-state index is 0.513. The van der Waals surface area contributed by atoms with Crippen molar-refractivity contribution in [2.75, 3.05) is 7.05 Å². The molecule has 0 aromatic heterocycles. The monoisotopic (exact) mass is 413 g/mol. The molecule has 3 aliphatic carbocycles. The second-order valence-corrected chi connectivity index (χ2v) is 12.9. The van der Waals surface area contributed by atoms with Gasteiger partial charge in [-0.1, -0.05) is 66.9 Å². The Hall–Kier alpha value is -0.460. The Labute approximate surface area is 188 Å². The van der Waals surface area contributed by atoms with E-state index in [-0.39, 0.29) is 0 Å². The van der Waals surface area contributed by atoms with Crippen molar-refractivity contribution in [2.24, 2.45) is 46.3 Å². The molecule has 0 radical (unpaired) electrons. The molecule has 0 saturated heterocycles. The number of fused-ring (bicyclic) bond motifs is 5. The van der Waals surface area contributed by atoms with Crippen LogP contribution >= 0.6 is 0 Å². The van der Waals surface area contributed by atoms with Gasteiger partial charge in [0.05, 0.1) is 0 Å². The van der Waals surface area contributed by atoms with Crippen molar-refractivity contribution in [1.82, 2.24) is 4.90 Å². The lowest BCUT2D eigenvalue weighted by Crippen LogP contribution is -2.59. The highest BCUT2D eigenvalue weighted by atomic mass is 15.2. The van der Waals surface area contributed by atoms with Gasteiger partial charge in [0.1, 0.15) is 0 Å². The van der Waals surface area contributed by atoms with Gasteiger partial charge in [-0.05, 0) is 97.7 Å². The normalized spacial score (nSPS) is 44.3. The minimum Gasteiger partial charge on any atom is -0.375 e. The average molecular weight is 414 g/mol. The van der Waals surface area contributed by atoms with E-state index >= 15 is 0 Å². The highest BCUT2D eigenvalue weighted by Crippen LogP contribution is 2.67. The van der Waals surface area contributed by atoms with Crippen LogP contribution in [0.1, 0.15) is 112 Å². The largest absolute Gasteiger partial charge is 0.375 e. The van der Waals surface area contributed by atoms with Crippen LogP contribution in [0.5, 0.6) is 0 Å². The zero-order chi connectivity index (χ0) is 21.7. The van der Waals surface area contributed by atoms with Crippen LogP contribution in [0.3, 0.4) is 0 Å². The number of rotatable bonds is 6. The summed E-state index contributed by atoms with van der Waals surface area (Å²) in [5.74, 6) is 5.75. The Morgan fingerprint density at radius 1 is 0.967 bits per heavy atom. The van der Waals surface area contributed by atoms with Crippen LogP contribution in [-0.4, -0.2) is 18.0 Å². The van der Waals surface area contributed by atoms with Gasteiger partial charge in [0.15, 0.2) is 0 Å². The summed E-state index contributed by atoms with van der Waals surface area (Å²) in [5.41, 5.74) is 2.75. The summed E-state index contributed by atoms with van der Waals surface area (Å²) < 4.78 is 0. The van der Waals surface area contributed by atoms with E-state index in [0.29, 0.717) is 10.8 Å². The van der Waals surface area contributed by atoms with Crippen molar-refractivity contribution in [3.05, 3.63) is 11.8 Å². The molecule has 1 nitrogen and oxygen atoms in total. The molecule has 0 N–H and O–H groups in total. The second-order valence-electron chi connectivity index (χ2n) is 12.9. The summed E-state index contributed by atoms with van der Waals surface area (Å²) in [5, 5.41) is 0. The molecular weight excluding hydrogens is 362 g/mol. The van der Waals surface area contributed by atoms with Crippen LogP contribution in [0, 0.1) is 46.3 Å². The first-order valence-corrected chi connectivity index (χ1v) is 13.6. The van der Waals surface area contributed by atoms with Gasteiger partial charge >= 0.3 is 0 Å². The summed E-state index contributed by atoms with van der Waals surface area (Å²) in [4.78, 5) is 2.70. The maximum Gasteiger partial charge on any atom is 0.0343 e. The Bertz CT molecular complexity index is 634. The molecule has 1 heteroatoms. The fraction of sp³-hybridized carbons (Fsp3) is 0.931. The molecule has 4 rings (SSSR count). The van der Waals surface area contributed by atoms with Crippen molar-refractivity contribution >= 4 is 0 Å². The van der Waals surface area contributed by atoms with Crippen LogP contribution in [0.25, 0.3) is 0 Å². The molecule has 0 amide bonds. The van der Waals surface area contributed by atoms with Crippen molar-refractivity contribution in [2.45, 2.75) is 118 Å². The first kappa shape index (κ1) is 22.7. The quantitative estimate of drug-likeness (QED) is 0.423. The number of allylic oxidation sites excluding steroid dienone is 2. The predicted molar refractivity (Wildman–Crippen MR) is 130 cm³/mol. The molecule has 0 spiro atoms. The predicted octanol–water partition coefficient (Wildman–Crippen LogP) is 8.31. The molecule has 1 aliphatic heterocycles. The van der Waals surface area contributed by atoms with Gasteiger partial charge in [0.25, 0.3) is 0 Å². The van der Waals surface area contributed by atoms with Gasteiger partial charge in [-0.3, -0.25) is 0 Å². The average Bonchev–Trinajstić information content (AvgIpc) is 3.05. The Kier molecular flexibility index (Phi) is 6.42. The Morgan fingerprint density at radius 3 is 2.40 bits per heavy atom. The molecule has 3 saturated carbocycles. The maximum atomic E-state index is 2.74. The summed E-state index contributed by atoms with van der Waals surface area (Å²) in [6, 6.07) is 0.787. The highest BCUT2D eigenvalue weighted by Gasteiger charge is 2.60. The van der Waals surface area contributed by atoms with Gasteiger partial charge in [0.2, 0.25) is 0 Å². The third-order valence-electron chi connectivity index (χ3n) is 11.1. The van der Waals surface area contributed by atoms with E-state index in [2.05, 4.69) is 59.6 Å². The fourth-order valence-electron chi connectivity index (χ4n) is 9.46. The third kappa shape index (κ3) is 3.59. The fourth-order valence-corrected chi connectivity index (χ4v) is 9.46. The van der Waals surface area contributed by atoms with Gasteiger partial charge in [-0.2, -0.15) is 0 Å². The standard InChI is InChI=1S/C29H51N/c1-8-22-16-18-29(6)26-17-19-28(5)24(21(4)11-9-10-20(2)3)13-14-25(28)23(26)12-15-27(29)30(22)7/h16,20-21,23-27H,8-15,17-19H2,1-7H3/t21?,23?,24-,25?,26?,27-,28-,29-/m1/s1. The van der Waals surface area contributed by atoms with Gasteiger partial charge < -0.3 is 4.90 Å². The van der Waals surface area contributed by atoms with E-state index < -0.39 is 0 Å².